The molecule has 2 aromatic rings. The molecule has 0 aliphatic carbocycles. The topological polar surface area (TPSA) is 35.8 Å². The molecule has 2 rings (SSSR count). The first-order chi connectivity index (χ1) is 8.33. The standard InChI is InChI=1S/C15H14N2/c1-2-12-6-5-8-14(10-12)17-15-9-4-3-7-13(15)11-16/h3-10,17H,2H2,1H3. The molecule has 0 saturated heterocycles. The van der Waals surface area contributed by atoms with Crippen LogP contribution in [0.5, 0.6) is 0 Å². The number of nitrogens with zero attached hydrogens (tertiary/aromatic N) is 1. The molecule has 0 atom stereocenters. The molecule has 0 aliphatic rings. The van der Waals surface area contributed by atoms with Gasteiger partial charge in [0, 0.05) is 5.69 Å². The second-order valence-electron chi connectivity index (χ2n) is 3.84. The average Bonchev–Trinajstić information content (AvgIpc) is 2.39. The highest BCUT2D eigenvalue weighted by Gasteiger charge is 2.01. The Hall–Kier alpha value is -2.27. The van der Waals surface area contributed by atoms with Gasteiger partial charge in [-0.15, -0.1) is 0 Å². The van der Waals surface area contributed by atoms with Crippen molar-refractivity contribution >= 4 is 11.4 Å². The van der Waals surface area contributed by atoms with Gasteiger partial charge < -0.3 is 5.32 Å². The van der Waals surface area contributed by atoms with E-state index < -0.39 is 0 Å². The van der Waals surface area contributed by atoms with Crippen LogP contribution < -0.4 is 5.32 Å². The molecule has 17 heavy (non-hydrogen) atoms. The summed E-state index contributed by atoms with van der Waals surface area (Å²) in [5.41, 5.74) is 3.81. The van der Waals surface area contributed by atoms with Gasteiger partial charge in [-0.2, -0.15) is 5.26 Å². The molecule has 2 aromatic carbocycles. The van der Waals surface area contributed by atoms with Crippen LogP contribution in [0.2, 0.25) is 0 Å². The summed E-state index contributed by atoms with van der Waals surface area (Å²) in [6.45, 7) is 2.13. The summed E-state index contributed by atoms with van der Waals surface area (Å²) in [6.07, 6.45) is 1.01. The molecule has 2 nitrogen and oxygen atoms in total. The zero-order chi connectivity index (χ0) is 12.1. The SMILES string of the molecule is CCc1cccc(Nc2ccccc2C#N)c1. The van der Waals surface area contributed by atoms with Crippen molar-refractivity contribution in [1.82, 2.24) is 0 Å². The highest BCUT2D eigenvalue weighted by Crippen LogP contribution is 2.21. The van der Waals surface area contributed by atoms with Gasteiger partial charge in [-0.3, -0.25) is 0 Å². The van der Waals surface area contributed by atoms with E-state index in [1.165, 1.54) is 5.56 Å². The number of para-hydroxylation sites is 1. The summed E-state index contributed by atoms with van der Waals surface area (Å²) in [5.74, 6) is 0. The van der Waals surface area contributed by atoms with Crippen molar-refractivity contribution in [2.45, 2.75) is 13.3 Å². The molecule has 0 unspecified atom stereocenters. The highest BCUT2D eigenvalue weighted by molar-refractivity contribution is 5.66. The Morgan fingerprint density at radius 2 is 1.94 bits per heavy atom. The molecule has 0 aromatic heterocycles. The van der Waals surface area contributed by atoms with Crippen molar-refractivity contribution in [3.05, 3.63) is 59.7 Å². The Kier molecular flexibility index (Phi) is 3.42. The number of benzene rings is 2. The number of anilines is 2. The van der Waals surface area contributed by atoms with E-state index in [1.807, 2.05) is 36.4 Å². The van der Waals surface area contributed by atoms with Crippen LogP contribution >= 0.6 is 0 Å². The minimum atomic E-state index is 0.661. The minimum absolute atomic E-state index is 0.661. The van der Waals surface area contributed by atoms with E-state index >= 15 is 0 Å². The van der Waals surface area contributed by atoms with Crippen molar-refractivity contribution in [1.29, 1.82) is 5.26 Å². The molecule has 0 amide bonds. The molecule has 1 N–H and O–H groups in total. The van der Waals surface area contributed by atoms with Crippen molar-refractivity contribution in [3.8, 4) is 6.07 Å². The third-order valence-corrected chi connectivity index (χ3v) is 2.66. The van der Waals surface area contributed by atoms with E-state index in [9.17, 15) is 0 Å². The summed E-state index contributed by atoms with van der Waals surface area (Å²) in [6, 6.07) is 17.9. The van der Waals surface area contributed by atoms with Gasteiger partial charge in [0.15, 0.2) is 0 Å². The molecule has 0 spiro atoms. The number of hydrogen-bond acceptors (Lipinski definition) is 2. The van der Waals surface area contributed by atoms with E-state index in [0.29, 0.717) is 5.56 Å². The predicted octanol–water partition coefficient (Wildman–Crippen LogP) is 3.86. The number of nitrogens with one attached hydrogen (secondary N) is 1. The number of nitriles is 1. The summed E-state index contributed by atoms with van der Waals surface area (Å²) in [4.78, 5) is 0. The van der Waals surface area contributed by atoms with Gasteiger partial charge in [-0.1, -0.05) is 31.2 Å². The summed E-state index contributed by atoms with van der Waals surface area (Å²) in [5, 5.41) is 12.3. The van der Waals surface area contributed by atoms with E-state index in [1.54, 1.807) is 0 Å². The molecular weight excluding hydrogens is 208 g/mol. The van der Waals surface area contributed by atoms with E-state index in [-0.39, 0.29) is 0 Å². The fraction of sp³-hybridized carbons (Fsp3) is 0.133. The molecule has 0 saturated carbocycles. The predicted molar refractivity (Wildman–Crippen MR) is 70.3 cm³/mol. The van der Waals surface area contributed by atoms with Crippen LogP contribution in [0.15, 0.2) is 48.5 Å². The van der Waals surface area contributed by atoms with Crippen molar-refractivity contribution in [2.75, 3.05) is 5.32 Å². The number of aryl methyl sites for hydroxylation is 1. The Morgan fingerprint density at radius 3 is 2.71 bits per heavy atom. The number of rotatable bonds is 3. The van der Waals surface area contributed by atoms with E-state index in [0.717, 1.165) is 17.8 Å². The largest absolute Gasteiger partial charge is 0.354 e. The van der Waals surface area contributed by atoms with Gasteiger partial charge in [-0.05, 0) is 36.2 Å². The molecule has 0 heterocycles. The lowest BCUT2D eigenvalue weighted by Gasteiger charge is -2.09. The maximum absolute atomic E-state index is 9.01. The minimum Gasteiger partial charge on any atom is -0.354 e. The zero-order valence-corrected chi connectivity index (χ0v) is 9.77. The second-order valence-corrected chi connectivity index (χ2v) is 3.84. The van der Waals surface area contributed by atoms with Crippen LogP contribution in [-0.4, -0.2) is 0 Å². The average molecular weight is 222 g/mol. The normalized spacial score (nSPS) is 9.65. The van der Waals surface area contributed by atoms with Gasteiger partial charge in [0.1, 0.15) is 6.07 Å². The molecule has 0 fully saturated rings. The van der Waals surface area contributed by atoms with Crippen molar-refractivity contribution in [2.24, 2.45) is 0 Å². The van der Waals surface area contributed by atoms with Crippen LogP contribution in [0, 0.1) is 11.3 Å². The fourth-order valence-corrected chi connectivity index (χ4v) is 1.71. The third kappa shape index (κ3) is 2.64. The van der Waals surface area contributed by atoms with Gasteiger partial charge in [-0.25, -0.2) is 0 Å². The zero-order valence-electron chi connectivity index (χ0n) is 9.77. The monoisotopic (exact) mass is 222 g/mol. The lowest BCUT2D eigenvalue weighted by Crippen LogP contribution is -1.94. The first-order valence-electron chi connectivity index (χ1n) is 5.68. The quantitative estimate of drug-likeness (QED) is 0.855. The first-order valence-corrected chi connectivity index (χ1v) is 5.68. The summed E-state index contributed by atoms with van der Waals surface area (Å²) >= 11 is 0. The Bertz CT molecular complexity index is 553. The molecule has 2 heteroatoms. The van der Waals surface area contributed by atoms with Crippen LogP contribution in [0.3, 0.4) is 0 Å². The molecule has 84 valence electrons. The van der Waals surface area contributed by atoms with E-state index in [2.05, 4.69) is 30.4 Å². The van der Waals surface area contributed by atoms with Crippen LogP contribution in [0.4, 0.5) is 11.4 Å². The van der Waals surface area contributed by atoms with Gasteiger partial charge in [0.2, 0.25) is 0 Å². The Labute approximate surface area is 102 Å². The maximum Gasteiger partial charge on any atom is 0.101 e. The smallest absolute Gasteiger partial charge is 0.101 e. The maximum atomic E-state index is 9.01. The van der Waals surface area contributed by atoms with Crippen LogP contribution in [0.25, 0.3) is 0 Å². The highest BCUT2D eigenvalue weighted by atomic mass is 14.9. The van der Waals surface area contributed by atoms with E-state index in [4.69, 9.17) is 5.26 Å². The lowest BCUT2D eigenvalue weighted by atomic mass is 10.1. The summed E-state index contributed by atoms with van der Waals surface area (Å²) < 4.78 is 0. The molecule has 0 radical (unpaired) electrons. The van der Waals surface area contributed by atoms with Crippen molar-refractivity contribution < 1.29 is 0 Å². The number of hydrogen-bond donors (Lipinski definition) is 1. The van der Waals surface area contributed by atoms with Crippen LogP contribution in [0.1, 0.15) is 18.1 Å². The summed E-state index contributed by atoms with van der Waals surface area (Å²) in [7, 11) is 0. The Morgan fingerprint density at radius 1 is 1.12 bits per heavy atom. The molecule has 0 aliphatic heterocycles. The van der Waals surface area contributed by atoms with Gasteiger partial charge in [0.25, 0.3) is 0 Å². The van der Waals surface area contributed by atoms with Crippen LogP contribution in [-0.2, 0) is 6.42 Å². The lowest BCUT2D eigenvalue weighted by molar-refractivity contribution is 1.14. The molecular formula is C15H14N2. The third-order valence-electron chi connectivity index (χ3n) is 2.66. The van der Waals surface area contributed by atoms with Gasteiger partial charge in [0.05, 0.1) is 11.3 Å². The van der Waals surface area contributed by atoms with Crippen molar-refractivity contribution in [3.63, 3.8) is 0 Å². The Balaban J connectivity index is 2.28. The second kappa shape index (κ2) is 5.18. The molecule has 0 bridgehead atoms. The fourth-order valence-electron chi connectivity index (χ4n) is 1.71. The first kappa shape index (κ1) is 11.2. The van der Waals surface area contributed by atoms with Gasteiger partial charge >= 0.3 is 0 Å².